The van der Waals surface area contributed by atoms with Crippen molar-refractivity contribution >= 4 is 0 Å². The zero-order valence-electron chi connectivity index (χ0n) is 13.0. The minimum atomic E-state index is 0.570. The van der Waals surface area contributed by atoms with E-state index in [1.54, 1.807) is 0 Å². The summed E-state index contributed by atoms with van der Waals surface area (Å²) in [4.78, 5) is 0. The van der Waals surface area contributed by atoms with Crippen molar-refractivity contribution in [3.63, 3.8) is 0 Å². The first-order valence-electron chi connectivity index (χ1n) is 7.44. The van der Waals surface area contributed by atoms with Gasteiger partial charge in [-0.1, -0.05) is 42.5 Å². The van der Waals surface area contributed by atoms with Gasteiger partial charge in [0, 0.05) is 6.04 Å². The third-order valence-corrected chi connectivity index (χ3v) is 4.13. The summed E-state index contributed by atoms with van der Waals surface area (Å²) in [7, 11) is 2.02. The Morgan fingerprint density at radius 2 is 1.70 bits per heavy atom. The number of hydrogen-bond acceptors (Lipinski definition) is 1. The van der Waals surface area contributed by atoms with Crippen LogP contribution in [-0.4, -0.2) is 13.1 Å². The normalized spacial score (nSPS) is 12.4. The molecule has 1 N–H and O–H groups in total. The second kappa shape index (κ2) is 6.71. The maximum atomic E-state index is 3.30. The van der Waals surface area contributed by atoms with Gasteiger partial charge in [-0.15, -0.1) is 0 Å². The van der Waals surface area contributed by atoms with Crippen molar-refractivity contribution in [2.24, 2.45) is 0 Å². The van der Waals surface area contributed by atoms with Crippen LogP contribution in [-0.2, 0) is 6.42 Å². The van der Waals surface area contributed by atoms with Crippen LogP contribution < -0.4 is 5.32 Å². The van der Waals surface area contributed by atoms with Crippen LogP contribution in [0.1, 0.15) is 30.0 Å². The molecule has 2 rings (SSSR count). The predicted molar refractivity (Wildman–Crippen MR) is 88.2 cm³/mol. The average molecular weight is 267 g/mol. The molecule has 0 spiro atoms. The lowest BCUT2D eigenvalue weighted by Crippen LogP contribution is -2.21. The van der Waals surface area contributed by atoms with Crippen LogP contribution in [0.15, 0.2) is 42.5 Å². The second-order valence-electron chi connectivity index (χ2n) is 5.73. The van der Waals surface area contributed by atoms with E-state index < -0.39 is 0 Å². The number of aryl methyl sites for hydroxylation is 3. The molecule has 0 saturated carbocycles. The van der Waals surface area contributed by atoms with Crippen molar-refractivity contribution in [3.05, 3.63) is 59.2 Å². The van der Waals surface area contributed by atoms with E-state index >= 15 is 0 Å². The van der Waals surface area contributed by atoms with Crippen LogP contribution in [0, 0.1) is 13.8 Å². The molecule has 0 heterocycles. The summed E-state index contributed by atoms with van der Waals surface area (Å²) in [5.74, 6) is 0. The Kier molecular flexibility index (Phi) is 4.97. The fourth-order valence-corrected chi connectivity index (χ4v) is 2.35. The van der Waals surface area contributed by atoms with Crippen molar-refractivity contribution in [2.45, 2.75) is 39.7 Å². The number of hydrogen-bond donors (Lipinski definition) is 1. The highest BCUT2D eigenvalue weighted by Crippen LogP contribution is 2.23. The van der Waals surface area contributed by atoms with Gasteiger partial charge in [-0.25, -0.2) is 0 Å². The van der Waals surface area contributed by atoms with E-state index in [0.29, 0.717) is 6.04 Å². The van der Waals surface area contributed by atoms with Crippen molar-refractivity contribution in [1.29, 1.82) is 0 Å². The standard InChI is InChI=1S/C19H25N/c1-14-8-11-19(12-15(14)2)18-7-5-6-17(13-18)10-9-16(3)20-4/h5-8,11-13,16,20H,9-10H2,1-4H3. The van der Waals surface area contributed by atoms with E-state index in [0.717, 1.165) is 6.42 Å². The van der Waals surface area contributed by atoms with Gasteiger partial charge in [0.05, 0.1) is 0 Å². The third kappa shape index (κ3) is 3.71. The molecule has 106 valence electrons. The summed E-state index contributed by atoms with van der Waals surface area (Å²) < 4.78 is 0. The molecule has 0 amide bonds. The smallest absolute Gasteiger partial charge is 0.00388 e. The molecule has 1 unspecified atom stereocenters. The van der Waals surface area contributed by atoms with Gasteiger partial charge in [0.25, 0.3) is 0 Å². The van der Waals surface area contributed by atoms with Crippen LogP contribution >= 0.6 is 0 Å². The number of rotatable bonds is 5. The van der Waals surface area contributed by atoms with Crippen LogP contribution in [0.5, 0.6) is 0 Å². The van der Waals surface area contributed by atoms with E-state index in [2.05, 4.69) is 68.6 Å². The maximum Gasteiger partial charge on any atom is 0.00388 e. The Balaban J connectivity index is 2.18. The molecule has 2 aromatic rings. The molecule has 0 aliphatic heterocycles. The minimum absolute atomic E-state index is 0.570. The Labute approximate surface area is 123 Å². The van der Waals surface area contributed by atoms with Gasteiger partial charge >= 0.3 is 0 Å². The summed E-state index contributed by atoms with van der Waals surface area (Å²) >= 11 is 0. The highest BCUT2D eigenvalue weighted by Gasteiger charge is 2.03. The lowest BCUT2D eigenvalue weighted by Gasteiger charge is -2.11. The molecule has 1 nitrogen and oxygen atoms in total. The Hall–Kier alpha value is -1.60. The maximum absolute atomic E-state index is 3.30. The molecular weight excluding hydrogens is 242 g/mol. The van der Waals surface area contributed by atoms with Gasteiger partial charge in [0.2, 0.25) is 0 Å². The highest BCUT2D eigenvalue weighted by atomic mass is 14.8. The highest BCUT2D eigenvalue weighted by molar-refractivity contribution is 5.65. The molecule has 0 aliphatic carbocycles. The average Bonchev–Trinajstić information content (AvgIpc) is 2.48. The lowest BCUT2D eigenvalue weighted by atomic mass is 9.97. The zero-order chi connectivity index (χ0) is 14.5. The Morgan fingerprint density at radius 3 is 2.40 bits per heavy atom. The fourth-order valence-electron chi connectivity index (χ4n) is 2.35. The molecule has 2 aromatic carbocycles. The van der Waals surface area contributed by atoms with Crippen molar-refractivity contribution in [2.75, 3.05) is 7.05 Å². The molecule has 1 heteroatoms. The van der Waals surface area contributed by atoms with E-state index in [1.807, 2.05) is 7.05 Å². The summed E-state index contributed by atoms with van der Waals surface area (Å²) in [6, 6.07) is 16.2. The van der Waals surface area contributed by atoms with Crippen LogP contribution in [0.2, 0.25) is 0 Å². The van der Waals surface area contributed by atoms with Gasteiger partial charge in [0.1, 0.15) is 0 Å². The van der Waals surface area contributed by atoms with E-state index in [1.165, 1.54) is 34.2 Å². The number of nitrogens with one attached hydrogen (secondary N) is 1. The van der Waals surface area contributed by atoms with Crippen molar-refractivity contribution in [1.82, 2.24) is 5.32 Å². The molecule has 1 atom stereocenters. The Morgan fingerprint density at radius 1 is 0.950 bits per heavy atom. The van der Waals surface area contributed by atoms with Gasteiger partial charge in [-0.3, -0.25) is 0 Å². The summed E-state index contributed by atoms with van der Waals surface area (Å²) in [6.45, 7) is 6.57. The lowest BCUT2D eigenvalue weighted by molar-refractivity contribution is 0.565. The molecule has 20 heavy (non-hydrogen) atoms. The largest absolute Gasteiger partial charge is 0.317 e. The molecule has 0 aromatic heterocycles. The SMILES string of the molecule is CNC(C)CCc1cccc(-c2ccc(C)c(C)c2)c1. The molecular formula is C19H25N. The minimum Gasteiger partial charge on any atom is -0.317 e. The van der Waals surface area contributed by atoms with Crippen molar-refractivity contribution < 1.29 is 0 Å². The van der Waals surface area contributed by atoms with Gasteiger partial charge in [0.15, 0.2) is 0 Å². The van der Waals surface area contributed by atoms with Crippen LogP contribution in [0.4, 0.5) is 0 Å². The quantitative estimate of drug-likeness (QED) is 0.840. The molecule has 0 aliphatic rings. The molecule has 0 bridgehead atoms. The number of benzene rings is 2. The van der Waals surface area contributed by atoms with Crippen LogP contribution in [0.25, 0.3) is 11.1 Å². The molecule has 0 radical (unpaired) electrons. The zero-order valence-corrected chi connectivity index (χ0v) is 13.0. The van der Waals surface area contributed by atoms with E-state index in [4.69, 9.17) is 0 Å². The summed E-state index contributed by atoms with van der Waals surface area (Å²) in [6.07, 6.45) is 2.30. The van der Waals surface area contributed by atoms with E-state index in [9.17, 15) is 0 Å². The molecule has 0 fully saturated rings. The van der Waals surface area contributed by atoms with E-state index in [-0.39, 0.29) is 0 Å². The fraction of sp³-hybridized carbons (Fsp3) is 0.368. The summed E-state index contributed by atoms with van der Waals surface area (Å²) in [5.41, 5.74) is 6.77. The first-order valence-corrected chi connectivity index (χ1v) is 7.44. The van der Waals surface area contributed by atoms with Crippen LogP contribution in [0.3, 0.4) is 0 Å². The molecule has 0 saturated heterocycles. The Bertz CT molecular complexity index is 572. The second-order valence-corrected chi connectivity index (χ2v) is 5.73. The van der Waals surface area contributed by atoms with Gasteiger partial charge < -0.3 is 5.32 Å². The first kappa shape index (κ1) is 14.8. The summed E-state index contributed by atoms with van der Waals surface area (Å²) in [5, 5.41) is 3.30. The topological polar surface area (TPSA) is 12.0 Å². The third-order valence-electron chi connectivity index (χ3n) is 4.13. The van der Waals surface area contributed by atoms with Crippen molar-refractivity contribution in [3.8, 4) is 11.1 Å². The first-order chi connectivity index (χ1) is 9.60. The van der Waals surface area contributed by atoms with Gasteiger partial charge in [-0.2, -0.15) is 0 Å². The predicted octanol–water partition coefficient (Wildman–Crippen LogP) is 4.51. The monoisotopic (exact) mass is 267 g/mol. The van der Waals surface area contributed by atoms with Gasteiger partial charge in [-0.05, 0) is 68.5 Å².